The molecule has 1 aliphatic heterocycles. The largest absolute Gasteiger partial charge is 0.478 e. The Morgan fingerprint density at radius 2 is 2.06 bits per heavy atom. The number of carboxylic acid groups (broad SMARTS) is 1. The second-order valence-corrected chi connectivity index (χ2v) is 5.03. The molecule has 0 aromatic carbocycles. The number of anilines is 1. The molecule has 1 aromatic heterocycles. The summed E-state index contributed by atoms with van der Waals surface area (Å²) in [6.07, 6.45) is 2.86. The van der Waals surface area contributed by atoms with Crippen molar-refractivity contribution in [3.63, 3.8) is 0 Å². The average molecular weight is 234 g/mol. The van der Waals surface area contributed by atoms with Gasteiger partial charge in [-0.15, -0.1) is 0 Å². The molecule has 4 heteroatoms. The second kappa shape index (κ2) is 4.73. The fourth-order valence-electron chi connectivity index (χ4n) is 2.65. The highest BCUT2D eigenvalue weighted by Crippen LogP contribution is 2.26. The standard InChI is InChI=1S/C13H18N2O2/c1-9-6-10(2)8-15(7-9)12-11(13(16)17)4-3-5-14-12/h3-5,9-10H,6-8H2,1-2H3,(H,16,17)/t9-,10+. The molecule has 2 atom stereocenters. The number of carbonyl (C=O) groups is 1. The molecule has 2 rings (SSSR count). The minimum Gasteiger partial charge on any atom is -0.478 e. The molecule has 0 radical (unpaired) electrons. The van der Waals surface area contributed by atoms with E-state index in [0.29, 0.717) is 23.2 Å². The van der Waals surface area contributed by atoms with Gasteiger partial charge in [0.25, 0.3) is 0 Å². The van der Waals surface area contributed by atoms with E-state index in [4.69, 9.17) is 5.11 Å². The van der Waals surface area contributed by atoms with E-state index in [1.165, 1.54) is 6.42 Å². The second-order valence-electron chi connectivity index (χ2n) is 5.03. The van der Waals surface area contributed by atoms with Crippen LogP contribution in [0.3, 0.4) is 0 Å². The van der Waals surface area contributed by atoms with Gasteiger partial charge in [0, 0.05) is 19.3 Å². The molecule has 1 aliphatic rings. The zero-order chi connectivity index (χ0) is 12.4. The molecule has 2 heterocycles. The van der Waals surface area contributed by atoms with Crippen molar-refractivity contribution in [2.75, 3.05) is 18.0 Å². The minimum absolute atomic E-state index is 0.300. The number of rotatable bonds is 2. The first-order valence-electron chi connectivity index (χ1n) is 6.01. The van der Waals surface area contributed by atoms with Crippen LogP contribution in [0, 0.1) is 11.8 Å². The van der Waals surface area contributed by atoms with Crippen molar-refractivity contribution in [3.05, 3.63) is 23.9 Å². The lowest BCUT2D eigenvalue weighted by molar-refractivity contribution is 0.0697. The predicted molar refractivity (Wildman–Crippen MR) is 66.4 cm³/mol. The fraction of sp³-hybridized carbons (Fsp3) is 0.538. The predicted octanol–water partition coefficient (Wildman–Crippen LogP) is 2.26. The van der Waals surface area contributed by atoms with Crippen molar-refractivity contribution < 1.29 is 9.90 Å². The third-order valence-electron chi connectivity index (χ3n) is 3.19. The summed E-state index contributed by atoms with van der Waals surface area (Å²) in [6, 6.07) is 3.29. The Morgan fingerprint density at radius 3 is 2.65 bits per heavy atom. The van der Waals surface area contributed by atoms with Crippen molar-refractivity contribution in [3.8, 4) is 0 Å². The van der Waals surface area contributed by atoms with Gasteiger partial charge in [-0.25, -0.2) is 9.78 Å². The summed E-state index contributed by atoms with van der Waals surface area (Å²) < 4.78 is 0. The first-order valence-corrected chi connectivity index (χ1v) is 6.01. The summed E-state index contributed by atoms with van der Waals surface area (Å²) in [6.45, 7) is 6.18. The molecule has 0 saturated carbocycles. The Kier molecular flexibility index (Phi) is 3.31. The number of pyridine rings is 1. The van der Waals surface area contributed by atoms with E-state index < -0.39 is 5.97 Å². The Balaban J connectivity index is 2.30. The molecule has 1 N–H and O–H groups in total. The van der Waals surface area contributed by atoms with E-state index in [1.807, 2.05) is 0 Å². The summed E-state index contributed by atoms with van der Waals surface area (Å²) >= 11 is 0. The van der Waals surface area contributed by atoms with Crippen molar-refractivity contribution in [2.24, 2.45) is 11.8 Å². The van der Waals surface area contributed by atoms with Crippen molar-refractivity contribution in [1.82, 2.24) is 4.98 Å². The molecular weight excluding hydrogens is 216 g/mol. The maximum absolute atomic E-state index is 11.2. The van der Waals surface area contributed by atoms with Crippen LogP contribution in [0.25, 0.3) is 0 Å². The molecule has 1 fully saturated rings. The van der Waals surface area contributed by atoms with Crippen LogP contribution in [-0.4, -0.2) is 29.1 Å². The summed E-state index contributed by atoms with van der Waals surface area (Å²) in [5.74, 6) is 0.877. The molecule has 1 aromatic rings. The maximum atomic E-state index is 11.2. The topological polar surface area (TPSA) is 53.4 Å². The van der Waals surface area contributed by atoms with Gasteiger partial charge in [-0.2, -0.15) is 0 Å². The molecule has 0 aliphatic carbocycles. The first-order chi connectivity index (χ1) is 8.08. The van der Waals surface area contributed by atoms with Crippen LogP contribution in [0.15, 0.2) is 18.3 Å². The number of hydrogen-bond acceptors (Lipinski definition) is 3. The molecule has 0 unspecified atom stereocenters. The van der Waals surface area contributed by atoms with Gasteiger partial charge in [0.2, 0.25) is 0 Å². The van der Waals surface area contributed by atoms with Crippen LogP contribution in [0.4, 0.5) is 5.82 Å². The van der Waals surface area contributed by atoms with Gasteiger partial charge in [-0.05, 0) is 30.4 Å². The highest BCUT2D eigenvalue weighted by molar-refractivity contribution is 5.93. The zero-order valence-corrected chi connectivity index (χ0v) is 10.3. The lowest BCUT2D eigenvalue weighted by Gasteiger charge is -2.36. The molecule has 4 nitrogen and oxygen atoms in total. The number of nitrogens with zero attached hydrogens (tertiary/aromatic N) is 2. The number of hydrogen-bond donors (Lipinski definition) is 1. The van der Waals surface area contributed by atoms with E-state index in [1.54, 1.807) is 18.3 Å². The van der Waals surface area contributed by atoms with Gasteiger partial charge >= 0.3 is 5.97 Å². The smallest absolute Gasteiger partial charge is 0.339 e. The number of aromatic carboxylic acids is 1. The van der Waals surface area contributed by atoms with Gasteiger partial charge in [0.1, 0.15) is 11.4 Å². The van der Waals surface area contributed by atoms with E-state index in [0.717, 1.165) is 13.1 Å². The van der Waals surface area contributed by atoms with Crippen molar-refractivity contribution in [2.45, 2.75) is 20.3 Å². The Hall–Kier alpha value is -1.58. The Labute approximate surface area is 101 Å². The van der Waals surface area contributed by atoms with Crippen LogP contribution in [-0.2, 0) is 0 Å². The van der Waals surface area contributed by atoms with Crippen LogP contribution in [0.2, 0.25) is 0 Å². The zero-order valence-electron chi connectivity index (χ0n) is 10.3. The third-order valence-corrected chi connectivity index (χ3v) is 3.19. The van der Waals surface area contributed by atoms with Crippen LogP contribution < -0.4 is 4.90 Å². The molecule has 0 spiro atoms. The molecule has 1 saturated heterocycles. The molecule has 0 bridgehead atoms. The Bertz CT molecular complexity index is 410. The quantitative estimate of drug-likeness (QED) is 0.852. The highest BCUT2D eigenvalue weighted by atomic mass is 16.4. The number of piperidine rings is 1. The third kappa shape index (κ3) is 2.57. The lowest BCUT2D eigenvalue weighted by Crippen LogP contribution is -2.40. The van der Waals surface area contributed by atoms with Crippen LogP contribution in [0.5, 0.6) is 0 Å². The van der Waals surface area contributed by atoms with E-state index >= 15 is 0 Å². The number of aromatic nitrogens is 1. The van der Waals surface area contributed by atoms with Gasteiger partial charge in [-0.3, -0.25) is 0 Å². The Morgan fingerprint density at radius 1 is 1.41 bits per heavy atom. The van der Waals surface area contributed by atoms with E-state index in [2.05, 4.69) is 23.7 Å². The SMILES string of the molecule is C[C@@H]1C[C@H](C)CN(c2ncccc2C(=O)O)C1. The summed E-state index contributed by atoms with van der Waals surface area (Å²) in [5, 5.41) is 9.16. The summed E-state index contributed by atoms with van der Waals surface area (Å²) in [4.78, 5) is 17.5. The van der Waals surface area contributed by atoms with Gasteiger partial charge < -0.3 is 10.0 Å². The number of carboxylic acids is 1. The van der Waals surface area contributed by atoms with Gasteiger partial charge in [0.05, 0.1) is 0 Å². The van der Waals surface area contributed by atoms with Crippen molar-refractivity contribution >= 4 is 11.8 Å². The summed E-state index contributed by atoms with van der Waals surface area (Å²) in [7, 11) is 0. The minimum atomic E-state index is -0.904. The van der Waals surface area contributed by atoms with E-state index in [-0.39, 0.29) is 0 Å². The van der Waals surface area contributed by atoms with Gasteiger partial charge in [-0.1, -0.05) is 13.8 Å². The highest BCUT2D eigenvalue weighted by Gasteiger charge is 2.25. The lowest BCUT2D eigenvalue weighted by atomic mass is 9.91. The van der Waals surface area contributed by atoms with Gasteiger partial charge in [0.15, 0.2) is 0 Å². The maximum Gasteiger partial charge on any atom is 0.339 e. The van der Waals surface area contributed by atoms with E-state index in [9.17, 15) is 4.79 Å². The summed E-state index contributed by atoms with van der Waals surface area (Å²) in [5.41, 5.74) is 0.300. The average Bonchev–Trinajstić information content (AvgIpc) is 2.27. The molecule has 92 valence electrons. The monoisotopic (exact) mass is 234 g/mol. The van der Waals surface area contributed by atoms with Crippen LogP contribution >= 0.6 is 0 Å². The first kappa shape index (κ1) is 11.9. The van der Waals surface area contributed by atoms with Crippen molar-refractivity contribution in [1.29, 1.82) is 0 Å². The molecule has 0 amide bonds. The normalized spacial score (nSPS) is 24.7. The molecular formula is C13H18N2O2. The molecule has 17 heavy (non-hydrogen) atoms. The fourth-order valence-corrected chi connectivity index (χ4v) is 2.65. The van der Waals surface area contributed by atoms with Crippen LogP contribution in [0.1, 0.15) is 30.6 Å².